The summed E-state index contributed by atoms with van der Waals surface area (Å²) in [6, 6.07) is 65.2. The second kappa shape index (κ2) is 22.5. The molecule has 9 heteroatoms. The van der Waals surface area contributed by atoms with Gasteiger partial charge in [0.25, 0.3) is 11.5 Å². The second-order valence-electron chi connectivity index (χ2n) is 16.8. The van der Waals surface area contributed by atoms with Gasteiger partial charge in [-0.25, -0.2) is 0 Å². The van der Waals surface area contributed by atoms with Gasteiger partial charge in [-0.15, -0.1) is 46.9 Å². The van der Waals surface area contributed by atoms with E-state index in [0.29, 0.717) is 0 Å². The van der Waals surface area contributed by atoms with Gasteiger partial charge in [-0.1, -0.05) is 84.9 Å². The Kier molecular flexibility index (Phi) is 15.9. The van der Waals surface area contributed by atoms with Crippen LogP contribution in [0.5, 0.6) is 23.0 Å². The number of aromatic nitrogens is 2. The SMILES string of the molecule is C[OH+]c1ccsc1-c1cc(C)cc(-n2c3ccccc3c3ccccc32)c1O.C[OH+]c1ccsc1-c1cc(C)cc(-n2c3ccccc3c3ccccc32)c1O.[CH2-]c1ccccc1.[CH2-]c1ccccc1.[Hf]. The van der Waals surface area contributed by atoms with Gasteiger partial charge in [0.2, 0.25) is 0 Å². The van der Waals surface area contributed by atoms with Crippen molar-refractivity contribution in [1.82, 2.24) is 9.13 Å². The van der Waals surface area contributed by atoms with Gasteiger partial charge in [-0.05, 0) is 73.5 Å². The maximum atomic E-state index is 11.3. The van der Waals surface area contributed by atoms with E-state index in [0.717, 1.165) is 88.1 Å². The molecule has 12 aromatic rings. The summed E-state index contributed by atoms with van der Waals surface area (Å²) in [6.45, 7) is 11.6. The van der Waals surface area contributed by atoms with E-state index in [4.69, 9.17) is 0 Å². The molecule has 0 aliphatic carbocycles. The van der Waals surface area contributed by atoms with Crippen LogP contribution in [0.1, 0.15) is 22.3 Å². The maximum Gasteiger partial charge on any atom is 0.273 e. The van der Waals surface area contributed by atoms with Crippen LogP contribution in [0.25, 0.3) is 75.9 Å². The number of ether oxygens (including phenoxy) is 2. The molecule has 4 N–H and O–H groups in total. The predicted octanol–water partition coefficient (Wildman–Crippen LogP) is 16.5. The van der Waals surface area contributed by atoms with E-state index in [1.54, 1.807) is 36.9 Å². The molecule has 71 heavy (non-hydrogen) atoms. The molecule has 6 nitrogen and oxygen atoms in total. The van der Waals surface area contributed by atoms with Crippen LogP contribution in [-0.2, 0) is 25.8 Å². The molecule has 0 fully saturated rings. The Morgan fingerprint density at radius 2 is 0.704 bits per heavy atom. The van der Waals surface area contributed by atoms with Crippen molar-refractivity contribution < 1.29 is 45.5 Å². The van der Waals surface area contributed by atoms with Gasteiger partial charge in [0.05, 0.1) is 33.4 Å². The number of aliphatic hydroxyl groups is 2. The van der Waals surface area contributed by atoms with E-state index in [9.17, 15) is 10.2 Å². The van der Waals surface area contributed by atoms with Crippen molar-refractivity contribution in [2.24, 2.45) is 0 Å². The largest absolute Gasteiger partial charge is 0.584 e. The van der Waals surface area contributed by atoms with Gasteiger partial charge < -0.3 is 28.8 Å². The molecule has 0 radical (unpaired) electrons. The minimum absolute atomic E-state index is 0. The van der Waals surface area contributed by atoms with Gasteiger partial charge in [-0.3, -0.25) is 0 Å². The molecule has 0 saturated carbocycles. The molecule has 0 atom stereocenters. The smallest absolute Gasteiger partial charge is 0.273 e. The number of hydrogen-bond acceptors (Lipinski definition) is 4. The molecule has 0 saturated heterocycles. The molecular weight excluding hydrogens is 1080 g/mol. The van der Waals surface area contributed by atoms with Crippen LogP contribution in [0.15, 0.2) is 205 Å². The number of fused-ring (bicyclic) bond motifs is 6. The maximum absolute atomic E-state index is 11.3. The van der Waals surface area contributed by atoms with Crippen molar-refractivity contribution in [1.29, 1.82) is 0 Å². The molecule has 0 aliphatic rings. The number of aryl methyl sites for hydroxylation is 2. The summed E-state index contributed by atoms with van der Waals surface area (Å²) in [6.07, 6.45) is 0. The number of hydrogen-bond donors (Lipinski definition) is 2. The quantitative estimate of drug-likeness (QED) is 0.0989. The third-order valence-corrected chi connectivity index (χ3v) is 13.9. The fraction of sp³-hybridized carbons (Fsp3) is 0.0645. The number of nitrogens with zero attached hydrogens (tertiary/aromatic N) is 2. The number of para-hydroxylation sites is 4. The molecule has 12 rings (SSSR count). The Morgan fingerprint density at radius 3 is 0.986 bits per heavy atom. The number of phenols is 2. The Labute approximate surface area is 442 Å². The zero-order chi connectivity index (χ0) is 48.7. The zero-order valence-electron chi connectivity index (χ0n) is 40.0. The molecule has 0 amide bonds. The standard InChI is InChI=1S/2C24H19NO2S.2C7H7.Hf/c2*1-15-13-18(24-22(27-2)11-12-28-24)23(26)21(14-15)25-19-9-5-3-7-16(19)17-8-4-6-10-20(17)25;2*1-7-5-3-2-4-6-7;/h2*3-14,26H,1-2H3;2*2-6H,1H2;/q;;2*-1;/p+2. The fourth-order valence-electron chi connectivity index (χ4n) is 8.89. The first-order chi connectivity index (χ1) is 34.2. The van der Waals surface area contributed by atoms with Crippen LogP contribution in [-0.4, -0.2) is 43.0 Å². The average molecular weight is 1130 g/mol. The second-order valence-corrected chi connectivity index (χ2v) is 18.6. The Morgan fingerprint density at radius 1 is 0.408 bits per heavy atom. The Hall–Kier alpha value is -7.43. The van der Waals surface area contributed by atoms with E-state index < -0.39 is 0 Å². The minimum Gasteiger partial charge on any atom is -0.584 e. The molecular formula is C62H54HfN2O4S2. The van der Waals surface area contributed by atoms with Crippen LogP contribution in [0.2, 0.25) is 0 Å². The molecule has 0 spiro atoms. The first-order valence-electron chi connectivity index (χ1n) is 22.9. The van der Waals surface area contributed by atoms with E-state index in [-0.39, 0.29) is 37.3 Å². The normalized spacial score (nSPS) is 10.6. The Balaban J connectivity index is 0.000000148. The predicted molar refractivity (Wildman–Crippen MR) is 298 cm³/mol. The van der Waals surface area contributed by atoms with Crippen molar-refractivity contribution in [3.63, 3.8) is 0 Å². The van der Waals surface area contributed by atoms with Crippen LogP contribution in [0.3, 0.4) is 0 Å². The molecule has 8 aromatic carbocycles. The number of thiophene rings is 2. The van der Waals surface area contributed by atoms with Crippen LogP contribution >= 0.6 is 22.7 Å². The van der Waals surface area contributed by atoms with Gasteiger partial charge in [0, 0.05) is 81.4 Å². The monoisotopic (exact) mass is 1130 g/mol. The average Bonchev–Trinajstić information content (AvgIpc) is 4.20. The van der Waals surface area contributed by atoms with Crippen LogP contribution in [0.4, 0.5) is 0 Å². The zero-order valence-corrected chi connectivity index (χ0v) is 45.3. The summed E-state index contributed by atoms with van der Waals surface area (Å²) in [7, 11) is 3.57. The van der Waals surface area contributed by atoms with Crippen molar-refractivity contribution >= 4 is 66.3 Å². The number of phenolic OH excluding ortho intramolecular Hbond substituents is 2. The molecule has 0 bridgehead atoms. The van der Waals surface area contributed by atoms with Crippen molar-refractivity contribution in [3.05, 3.63) is 241 Å². The molecule has 352 valence electrons. The van der Waals surface area contributed by atoms with Gasteiger partial charge in [0.15, 0.2) is 14.2 Å². The number of aromatic hydroxyl groups is 4. The van der Waals surface area contributed by atoms with E-state index in [1.165, 1.54) is 21.5 Å². The first kappa shape index (κ1) is 50.0. The summed E-state index contributed by atoms with van der Waals surface area (Å²) in [5.74, 6) is 2.37. The van der Waals surface area contributed by atoms with E-state index in [2.05, 4.69) is 119 Å². The molecule has 4 aromatic heterocycles. The summed E-state index contributed by atoms with van der Waals surface area (Å²) in [5, 5.41) is 31.4. The summed E-state index contributed by atoms with van der Waals surface area (Å²) in [4.78, 5) is 1.98. The summed E-state index contributed by atoms with van der Waals surface area (Å²) < 4.78 is 13.0. The third kappa shape index (κ3) is 10.4. The van der Waals surface area contributed by atoms with Gasteiger partial charge in [0.1, 0.15) is 21.3 Å². The minimum atomic E-state index is 0. The third-order valence-electron chi connectivity index (χ3n) is 12.1. The molecule has 4 heterocycles. The van der Waals surface area contributed by atoms with Gasteiger partial charge >= 0.3 is 0 Å². The van der Waals surface area contributed by atoms with Gasteiger partial charge in [-0.2, -0.15) is 49.2 Å². The summed E-state index contributed by atoms with van der Waals surface area (Å²) >= 11 is 3.20. The van der Waals surface area contributed by atoms with E-state index in [1.807, 2.05) is 132 Å². The Bertz CT molecular complexity index is 3370. The first-order valence-corrected chi connectivity index (χ1v) is 24.7. The molecule has 0 aliphatic heterocycles. The topological polar surface area (TPSA) is 75.9 Å². The van der Waals surface area contributed by atoms with E-state index >= 15 is 0 Å². The van der Waals surface area contributed by atoms with Crippen molar-refractivity contribution in [2.75, 3.05) is 14.2 Å². The van der Waals surface area contributed by atoms with Crippen LogP contribution in [0, 0.1) is 27.7 Å². The van der Waals surface area contributed by atoms with Crippen molar-refractivity contribution in [2.45, 2.75) is 13.8 Å². The number of benzene rings is 8. The molecule has 0 unspecified atom stereocenters. The number of rotatable bonds is 6. The van der Waals surface area contributed by atoms with Crippen molar-refractivity contribution in [3.8, 4) is 55.3 Å². The fourth-order valence-corrected chi connectivity index (χ4v) is 10.7. The van der Waals surface area contributed by atoms with Crippen LogP contribution < -0.4 is 0 Å². The summed E-state index contributed by atoms with van der Waals surface area (Å²) in [5.41, 5.74) is 11.9.